The predicted octanol–water partition coefficient (Wildman–Crippen LogP) is 4.49. The largest absolute Gasteiger partial charge is 0.478 e. The van der Waals surface area contributed by atoms with Gasteiger partial charge in [-0.3, -0.25) is 4.79 Å². The summed E-state index contributed by atoms with van der Waals surface area (Å²) < 4.78 is 1.72. The van der Waals surface area contributed by atoms with E-state index in [1.807, 2.05) is 26.8 Å². The molecule has 0 radical (unpaired) electrons. The number of anilines is 1. The second-order valence-electron chi connectivity index (χ2n) is 10.0. The molecule has 8 heteroatoms. The zero-order valence-corrected chi connectivity index (χ0v) is 19.9. The Kier molecular flexibility index (Phi) is 4.93. The average Bonchev–Trinajstić information content (AvgIpc) is 3.07. The molecule has 0 saturated heterocycles. The first-order chi connectivity index (χ1) is 16.0. The first-order valence-electron chi connectivity index (χ1n) is 11.3. The van der Waals surface area contributed by atoms with Crippen molar-refractivity contribution in [2.45, 2.75) is 53.4 Å². The molecule has 5 rings (SSSR count). The fourth-order valence-electron chi connectivity index (χ4n) is 5.17. The maximum absolute atomic E-state index is 13.4. The van der Waals surface area contributed by atoms with Gasteiger partial charge in [0, 0.05) is 40.6 Å². The van der Waals surface area contributed by atoms with Crippen LogP contribution in [0.4, 0.5) is 5.82 Å². The van der Waals surface area contributed by atoms with Crippen LogP contribution in [0.3, 0.4) is 0 Å². The number of aromatic nitrogens is 4. The molecule has 1 aliphatic carbocycles. The maximum Gasteiger partial charge on any atom is 0.335 e. The average molecular weight is 458 g/mol. The van der Waals surface area contributed by atoms with E-state index in [1.54, 1.807) is 28.9 Å². The van der Waals surface area contributed by atoms with Crippen LogP contribution in [0.5, 0.6) is 0 Å². The lowest BCUT2D eigenvalue weighted by Crippen LogP contribution is -2.34. The highest BCUT2D eigenvalue weighted by atomic mass is 16.4. The summed E-state index contributed by atoms with van der Waals surface area (Å²) >= 11 is 0. The molecule has 1 aromatic carbocycles. The molecule has 174 valence electrons. The van der Waals surface area contributed by atoms with Gasteiger partial charge in [-0.15, -0.1) is 0 Å². The number of aryl methyl sites for hydroxylation is 3. The summed E-state index contributed by atoms with van der Waals surface area (Å²) in [6, 6.07) is 8.68. The van der Waals surface area contributed by atoms with E-state index >= 15 is 0 Å². The number of carboxylic acids is 1. The molecule has 0 fully saturated rings. The van der Waals surface area contributed by atoms with Crippen LogP contribution in [0.15, 0.2) is 41.6 Å². The highest BCUT2D eigenvalue weighted by Gasteiger charge is 2.43. The first kappa shape index (κ1) is 22.0. The number of carbonyl (C=O) groups is 2. The minimum atomic E-state index is -0.982. The monoisotopic (exact) mass is 457 g/mol. The summed E-state index contributed by atoms with van der Waals surface area (Å²) in [5, 5.41) is 17.7. The van der Waals surface area contributed by atoms with Crippen molar-refractivity contribution >= 4 is 17.6 Å². The molecular weight excluding hydrogens is 430 g/mol. The molecule has 0 amide bonds. The van der Waals surface area contributed by atoms with Crippen molar-refractivity contribution in [3.8, 4) is 5.95 Å². The topological polar surface area (TPSA) is 110 Å². The Balaban J connectivity index is 1.74. The Hall–Kier alpha value is -3.81. The molecule has 3 heterocycles. The van der Waals surface area contributed by atoms with Gasteiger partial charge in [0.1, 0.15) is 5.82 Å². The van der Waals surface area contributed by atoms with Crippen molar-refractivity contribution in [2.24, 2.45) is 5.41 Å². The maximum atomic E-state index is 13.4. The number of aromatic carboxylic acids is 1. The van der Waals surface area contributed by atoms with Gasteiger partial charge in [0.2, 0.25) is 0 Å². The van der Waals surface area contributed by atoms with Crippen molar-refractivity contribution < 1.29 is 14.7 Å². The number of fused-ring (bicyclic) bond motifs is 1. The van der Waals surface area contributed by atoms with Crippen LogP contribution in [0.1, 0.15) is 71.2 Å². The summed E-state index contributed by atoms with van der Waals surface area (Å²) in [7, 11) is 0. The standard InChI is InChI=1S/C26H27N5O3/c1-13-10-14(2)28-25(27-13)31-23-20(15(3)30-31)21(16-6-8-17(9-7-16)24(33)34)22-18(29-23)11-26(4,5)12-19(22)32/h6-10,21,29H,11-12H2,1-5H3,(H,33,34)/t21-/m0/s1. The number of nitrogens with zero attached hydrogens (tertiary/aromatic N) is 4. The quantitative estimate of drug-likeness (QED) is 0.596. The van der Waals surface area contributed by atoms with Crippen molar-refractivity contribution in [3.05, 3.63) is 75.4 Å². The van der Waals surface area contributed by atoms with Crippen LogP contribution >= 0.6 is 0 Å². The lowest BCUT2D eigenvalue weighted by Gasteiger charge is -2.38. The van der Waals surface area contributed by atoms with Gasteiger partial charge < -0.3 is 10.4 Å². The number of carboxylic acid groups (broad SMARTS) is 1. The van der Waals surface area contributed by atoms with Gasteiger partial charge in [-0.2, -0.15) is 9.78 Å². The highest BCUT2D eigenvalue weighted by Crippen LogP contribution is 2.50. The van der Waals surface area contributed by atoms with E-state index in [-0.39, 0.29) is 22.7 Å². The summed E-state index contributed by atoms with van der Waals surface area (Å²) in [6.07, 6.45) is 1.18. The lowest BCUT2D eigenvalue weighted by molar-refractivity contribution is -0.118. The molecule has 2 aliphatic rings. The first-order valence-corrected chi connectivity index (χ1v) is 11.3. The molecule has 3 aromatic rings. The van der Waals surface area contributed by atoms with Crippen LogP contribution in [-0.2, 0) is 4.79 Å². The Morgan fingerprint density at radius 2 is 1.74 bits per heavy atom. The summed E-state index contributed by atoms with van der Waals surface area (Å²) in [5.41, 5.74) is 5.85. The third kappa shape index (κ3) is 3.59. The summed E-state index contributed by atoms with van der Waals surface area (Å²) in [4.78, 5) is 34.1. The van der Waals surface area contributed by atoms with Crippen molar-refractivity contribution in [3.63, 3.8) is 0 Å². The molecule has 0 bridgehead atoms. The smallest absolute Gasteiger partial charge is 0.335 e. The molecular formula is C26H27N5O3. The third-order valence-corrected chi connectivity index (χ3v) is 6.52. The SMILES string of the molecule is Cc1cc(C)nc(-n2nc(C)c3c2NC2=C(C(=O)CC(C)(C)C2)[C@H]3c2ccc(C(=O)O)cc2)n1. The molecule has 0 unspecified atom stereocenters. The van der Waals surface area contributed by atoms with E-state index in [0.29, 0.717) is 12.4 Å². The van der Waals surface area contributed by atoms with Gasteiger partial charge in [-0.1, -0.05) is 26.0 Å². The molecule has 0 spiro atoms. The van der Waals surface area contributed by atoms with Gasteiger partial charge >= 0.3 is 5.97 Å². The van der Waals surface area contributed by atoms with E-state index < -0.39 is 5.97 Å². The molecule has 34 heavy (non-hydrogen) atoms. The van der Waals surface area contributed by atoms with Crippen molar-refractivity contribution in [2.75, 3.05) is 5.32 Å². The van der Waals surface area contributed by atoms with Crippen molar-refractivity contribution in [1.29, 1.82) is 0 Å². The Labute approximate surface area is 197 Å². The van der Waals surface area contributed by atoms with E-state index in [4.69, 9.17) is 5.10 Å². The number of carbonyl (C=O) groups excluding carboxylic acids is 1. The normalized spacial score (nSPS) is 18.9. The van der Waals surface area contributed by atoms with Crippen LogP contribution in [-0.4, -0.2) is 36.6 Å². The summed E-state index contributed by atoms with van der Waals surface area (Å²) in [5.74, 6) is -0.00777. The zero-order chi connectivity index (χ0) is 24.4. The fourth-order valence-corrected chi connectivity index (χ4v) is 5.17. The summed E-state index contributed by atoms with van der Waals surface area (Å²) in [6.45, 7) is 9.95. The van der Waals surface area contributed by atoms with Gasteiger partial charge in [0.25, 0.3) is 5.95 Å². The second-order valence-corrected chi connectivity index (χ2v) is 10.0. The number of rotatable bonds is 3. The molecule has 0 saturated carbocycles. The molecule has 1 aliphatic heterocycles. The van der Waals surface area contributed by atoms with Crippen LogP contribution in [0.25, 0.3) is 5.95 Å². The number of ketones is 1. The van der Waals surface area contributed by atoms with Crippen molar-refractivity contribution in [1.82, 2.24) is 19.7 Å². The molecule has 2 N–H and O–H groups in total. The van der Waals surface area contributed by atoms with E-state index in [9.17, 15) is 14.7 Å². The van der Waals surface area contributed by atoms with E-state index in [1.165, 1.54) is 0 Å². The van der Waals surface area contributed by atoms with E-state index in [0.717, 1.165) is 51.7 Å². The number of benzene rings is 1. The number of hydrogen-bond donors (Lipinski definition) is 2. The zero-order valence-electron chi connectivity index (χ0n) is 19.9. The number of hydrogen-bond acceptors (Lipinski definition) is 6. The third-order valence-electron chi connectivity index (χ3n) is 6.52. The van der Waals surface area contributed by atoms with Gasteiger partial charge in [0.15, 0.2) is 5.78 Å². The highest BCUT2D eigenvalue weighted by molar-refractivity contribution is 6.01. The minimum absolute atomic E-state index is 0.103. The Bertz CT molecular complexity index is 1360. The fraction of sp³-hybridized carbons (Fsp3) is 0.346. The second kappa shape index (κ2) is 7.62. The van der Waals surface area contributed by atoms with Gasteiger partial charge in [0.05, 0.1) is 11.3 Å². The Morgan fingerprint density at radius 3 is 2.35 bits per heavy atom. The Morgan fingerprint density at radius 1 is 1.09 bits per heavy atom. The number of Topliss-reactive ketones (excluding diaryl/α,β-unsaturated/α-hetero) is 1. The van der Waals surface area contributed by atoms with Gasteiger partial charge in [-0.05, 0) is 56.4 Å². The van der Waals surface area contributed by atoms with Gasteiger partial charge in [-0.25, -0.2) is 14.8 Å². The van der Waals surface area contributed by atoms with Crippen LogP contribution < -0.4 is 5.32 Å². The molecule has 1 atom stereocenters. The number of nitrogens with one attached hydrogen (secondary N) is 1. The molecule has 2 aromatic heterocycles. The van der Waals surface area contributed by atoms with Crippen LogP contribution in [0, 0.1) is 26.2 Å². The minimum Gasteiger partial charge on any atom is -0.478 e. The number of allylic oxidation sites excluding steroid dienone is 2. The van der Waals surface area contributed by atoms with Crippen LogP contribution in [0.2, 0.25) is 0 Å². The lowest BCUT2D eigenvalue weighted by atomic mass is 9.69. The molecule has 8 nitrogen and oxygen atoms in total. The van der Waals surface area contributed by atoms with E-state index in [2.05, 4.69) is 29.1 Å². The predicted molar refractivity (Wildman–Crippen MR) is 127 cm³/mol.